The molecule has 2 rings (SSSR count). The van der Waals surface area contributed by atoms with E-state index in [4.69, 9.17) is 0 Å². The van der Waals surface area contributed by atoms with Crippen molar-refractivity contribution in [2.45, 2.75) is 13.5 Å². The minimum atomic E-state index is 0.568. The highest BCUT2D eigenvalue weighted by atomic mass is 16.1. The van der Waals surface area contributed by atoms with Crippen LogP contribution in [-0.2, 0) is 13.6 Å². The van der Waals surface area contributed by atoms with E-state index in [-0.39, 0.29) is 0 Å². The van der Waals surface area contributed by atoms with Crippen LogP contribution < -0.4 is 0 Å². The Bertz CT molecular complexity index is 483. The molecule has 0 amide bonds. The van der Waals surface area contributed by atoms with E-state index >= 15 is 0 Å². The molecule has 0 aliphatic heterocycles. The molecule has 0 fully saturated rings. The summed E-state index contributed by atoms with van der Waals surface area (Å²) in [5, 5.41) is 8.01. The molecule has 0 saturated carbocycles. The maximum Gasteiger partial charge on any atom is 0.166 e. The molecule has 0 spiro atoms. The number of aldehydes is 1. The Morgan fingerprint density at radius 1 is 1.47 bits per heavy atom. The molecule has 15 heavy (non-hydrogen) atoms. The molecule has 0 atom stereocenters. The number of nitrogens with zero attached hydrogens (tertiary/aromatic N) is 4. The third kappa shape index (κ3) is 1.68. The van der Waals surface area contributed by atoms with E-state index < -0.39 is 0 Å². The summed E-state index contributed by atoms with van der Waals surface area (Å²) in [5.41, 5.74) is 0.649. The van der Waals surface area contributed by atoms with Gasteiger partial charge in [-0.2, -0.15) is 0 Å². The Balaban J connectivity index is 2.29. The number of carbonyl (C=O) groups excluding carboxylic acids is 1. The first-order valence-electron chi connectivity index (χ1n) is 4.67. The second-order valence-corrected chi connectivity index (χ2v) is 3.40. The van der Waals surface area contributed by atoms with Gasteiger partial charge >= 0.3 is 0 Å². The molecular weight excluding hydrogens is 192 g/mol. The predicted molar refractivity (Wildman–Crippen MR) is 54.7 cm³/mol. The van der Waals surface area contributed by atoms with Crippen LogP contribution in [0.15, 0.2) is 18.3 Å². The van der Waals surface area contributed by atoms with Gasteiger partial charge in [-0.15, -0.1) is 10.2 Å². The predicted octanol–water partition coefficient (Wildman–Crippen LogP) is 0.786. The van der Waals surface area contributed by atoms with Crippen LogP contribution in [0.2, 0.25) is 0 Å². The van der Waals surface area contributed by atoms with E-state index in [1.54, 1.807) is 6.07 Å². The summed E-state index contributed by atoms with van der Waals surface area (Å²) in [6.45, 7) is 2.46. The fourth-order valence-corrected chi connectivity index (χ4v) is 1.42. The zero-order valence-corrected chi connectivity index (χ0v) is 8.71. The van der Waals surface area contributed by atoms with Crippen LogP contribution in [0.3, 0.4) is 0 Å². The van der Waals surface area contributed by atoms with Crippen LogP contribution in [0.5, 0.6) is 0 Å². The van der Waals surface area contributed by atoms with Crippen LogP contribution in [0.25, 0.3) is 0 Å². The molecule has 0 saturated heterocycles. The maximum atomic E-state index is 10.7. The summed E-state index contributed by atoms with van der Waals surface area (Å²) in [5.74, 6) is 1.71. The lowest BCUT2D eigenvalue weighted by molar-refractivity contribution is 0.111. The highest BCUT2D eigenvalue weighted by molar-refractivity contribution is 5.72. The molecule has 0 N–H and O–H groups in total. The first kappa shape index (κ1) is 9.64. The minimum absolute atomic E-state index is 0.568. The highest BCUT2D eigenvalue weighted by Crippen LogP contribution is 2.04. The average Bonchev–Trinajstić information content (AvgIpc) is 2.80. The minimum Gasteiger partial charge on any atom is -0.338 e. The van der Waals surface area contributed by atoms with Gasteiger partial charge in [-0.05, 0) is 19.1 Å². The zero-order valence-electron chi connectivity index (χ0n) is 8.71. The molecular formula is C10H12N4O. The van der Waals surface area contributed by atoms with Gasteiger partial charge in [0.05, 0.1) is 12.2 Å². The first-order valence-corrected chi connectivity index (χ1v) is 4.67. The fraction of sp³-hybridized carbons (Fsp3) is 0.300. The fourth-order valence-electron chi connectivity index (χ4n) is 1.42. The molecule has 2 aromatic heterocycles. The summed E-state index contributed by atoms with van der Waals surface area (Å²) in [7, 11) is 1.91. The lowest BCUT2D eigenvalue weighted by Gasteiger charge is -2.04. The Morgan fingerprint density at radius 3 is 2.87 bits per heavy atom. The van der Waals surface area contributed by atoms with Gasteiger partial charge < -0.3 is 9.13 Å². The number of aromatic nitrogens is 4. The summed E-state index contributed by atoms with van der Waals surface area (Å²) in [6, 6.07) is 3.61. The smallest absolute Gasteiger partial charge is 0.166 e. The molecule has 78 valence electrons. The molecule has 5 nitrogen and oxygen atoms in total. The third-order valence-corrected chi connectivity index (χ3v) is 2.48. The average molecular weight is 204 g/mol. The lowest BCUT2D eigenvalue weighted by Crippen LogP contribution is -2.08. The van der Waals surface area contributed by atoms with Crippen molar-refractivity contribution in [3.63, 3.8) is 0 Å². The number of hydrogen-bond acceptors (Lipinski definition) is 3. The van der Waals surface area contributed by atoms with Crippen molar-refractivity contribution in [1.29, 1.82) is 0 Å². The zero-order chi connectivity index (χ0) is 10.8. The van der Waals surface area contributed by atoms with Crippen LogP contribution in [0.1, 0.15) is 22.1 Å². The second-order valence-electron chi connectivity index (χ2n) is 3.40. The SMILES string of the molecule is Cc1nnc(Cn2cccc2C=O)n1C. The van der Waals surface area contributed by atoms with Crippen molar-refractivity contribution in [1.82, 2.24) is 19.3 Å². The quantitative estimate of drug-likeness (QED) is 0.694. The highest BCUT2D eigenvalue weighted by Gasteiger charge is 2.07. The van der Waals surface area contributed by atoms with Crippen molar-refractivity contribution in [2.24, 2.45) is 7.05 Å². The Morgan fingerprint density at radius 2 is 2.27 bits per heavy atom. The maximum absolute atomic E-state index is 10.7. The van der Waals surface area contributed by atoms with Crippen molar-refractivity contribution in [3.8, 4) is 0 Å². The van der Waals surface area contributed by atoms with Gasteiger partial charge in [0, 0.05) is 13.2 Å². The molecule has 0 aliphatic carbocycles. The third-order valence-electron chi connectivity index (χ3n) is 2.48. The molecule has 0 aromatic carbocycles. The standard InChI is InChI=1S/C10H12N4O/c1-8-11-12-10(13(8)2)6-14-5-3-4-9(14)7-15/h3-5,7H,6H2,1-2H3. The first-order chi connectivity index (χ1) is 7.22. The van der Waals surface area contributed by atoms with Crippen LogP contribution in [0, 0.1) is 6.92 Å². The van der Waals surface area contributed by atoms with Crippen molar-refractivity contribution in [2.75, 3.05) is 0 Å². The topological polar surface area (TPSA) is 52.7 Å². The number of rotatable bonds is 3. The summed E-state index contributed by atoms with van der Waals surface area (Å²) >= 11 is 0. The van der Waals surface area contributed by atoms with Gasteiger partial charge in [0.15, 0.2) is 12.1 Å². The lowest BCUT2D eigenvalue weighted by atomic mass is 10.4. The molecule has 0 bridgehead atoms. The summed E-state index contributed by atoms with van der Waals surface area (Å²) < 4.78 is 3.75. The normalized spacial score (nSPS) is 10.5. The van der Waals surface area contributed by atoms with Crippen LogP contribution in [0.4, 0.5) is 0 Å². The number of aryl methyl sites for hydroxylation is 1. The number of carbonyl (C=O) groups is 1. The van der Waals surface area contributed by atoms with Crippen LogP contribution in [-0.4, -0.2) is 25.6 Å². The summed E-state index contributed by atoms with van der Waals surface area (Å²) in [6.07, 6.45) is 2.69. The Hall–Kier alpha value is -1.91. The molecule has 0 aliphatic rings. The molecule has 5 heteroatoms. The largest absolute Gasteiger partial charge is 0.338 e. The van der Waals surface area contributed by atoms with Crippen molar-refractivity contribution >= 4 is 6.29 Å². The van der Waals surface area contributed by atoms with E-state index in [1.165, 1.54) is 0 Å². The van der Waals surface area contributed by atoms with Crippen LogP contribution >= 0.6 is 0 Å². The van der Waals surface area contributed by atoms with Gasteiger partial charge in [-0.1, -0.05) is 0 Å². The van der Waals surface area contributed by atoms with Gasteiger partial charge in [0.2, 0.25) is 0 Å². The Labute approximate surface area is 87.4 Å². The summed E-state index contributed by atoms with van der Waals surface area (Å²) in [4.78, 5) is 10.7. The van der Waals surface area contributed by atoms with Gasteiger partial charge in [0.1, 0.15) is 5.82 Å². The molecule has 2 aromatic rings. The van der Waals surface area contributed by atoms with E-state index in [9.17, 15) is 4.79 Å². The van der Waals surface area contributed by atoms with Gasteiger partial charge in [-0.25, -0.2) is 0 Å². The molecule has 0 unspecified atom stereocenters. The number of hydrogen-bond donors (Lipinski definition) is 0. The molecule has 2 heterocycles. The van der Waals surface area contributed by atoms with E-state index in [0.717, 1.165) is 17.9 Å². The van der Waals surface area contributed by atoms with Gasteiger partial charge in [-0.3, -0.25) is 4.79 Å². The van der Waals surface area contributed by atoms with Crippen molar-refractivity contribution < 1.29 is 4.79 Å². The van der Waals surface area contributed by atoms with E-state index in [1.807, 2.05) is 35.4 Å². The second kappa shape index (κ2) is 3.68. The van der Waals surface area contributed by atoms with Crippen molar-refractivity contribution in [3.05, 3.63) is 35.7 Å². The molecule has 0 radical (unpaired) electrons. The Kier molecular flexibility index (Phi) is 2.37. The van der Waals surface area contributed by atoms with Gasteiger partial charge in [0.25, 0.3) is 0 Å². The monoisotopic (exact) mass is 204 g/mol. The van der Waals surface area contributed by atoms with E-state index in [2.05, 4.69) is 10.2 Å². The van der Waals surface area contributed by atoms with E-state index in [0.29, 0.717) is 12.2 Å².